The van der Waals surface area contributed by atoms with Crippen molar-refractivity contribution in [3.05, 3.63) is 61.2 Å². The number of rotatable bonds is 3. The van der Waals surface area contributed by atoms with E-state index < -0.39 is 11.7 Å². The number of thiophene rings is 2. The minimum atomic E-state index is -0.465. The molecule has 5 nitrogen and oxygen atoms in total. The van der Waals surface area contributed by atoms with Gasteiger partial charge in [-0.3, -0.25) is 14.3 Å². The first-order chi connectivity index (χ1) is 12.5. The molecule has 0 fully saturated rings. The maximum Gasteiger partial charge on any atom is 0.295 e. The van der Waals surface area contributed by atoms with Crippen LogP contribution < -0.4 is 0 Å². The SMILES string of the molecule is Cc1nn(C)c(C)c1C(=O)C(=O)N1CCc2sccc2C1c1cccs1. The summed E-state index contributed by atoms with van der Waals surface area (Å²) in [5, 5.41) is 8.36. The van der Waals surface area contributed by atoms with E-state index in [2.05, 4.69) is 16.5 Å². The standard InChI is InChI=1S/C19H19N3O2S2/c1-11-16(12(2)21(3)20-11)18(23)19(24)22-8-6-14-13(7-10-26-14)17(22)15-5-4-9-25-15/h4-5,7,9-10,17H,6,8H2,1-3H3. The minimum Gasteiger partial charge on any atom is -0.323 e. The Hall–Kier alpha value is -2.25. The van der Waals surface area contributed by atoms with Crippen LogP contribution in [0.1, 0.15) is 43.1 Å². The topological polar surface area (TPSA) is 55.2 Å². The molecular formula is C19H19N3O2S2. The molecule has 4 rings (SSSR count). The average molecular weight is 386 g/mol. The van der Waals surface area contributed by atoms with Gasteiger partial charge in [0.05, 0.1) is 17.3 Å². The first-order valence-electron chi connectivity index (χ1n) is 8.44. The molecule has 1 atom stereocenters. The van der Waals surface area contributed by atoms with Gasteiger partial charge in [0.15, 0.2) is 0 Å². The lowest BCUT2D eigenvalue weighted by atomic mass is 9.97. The summed E-state index contributed by atoms with van der Waals surface area (Å²) in [5.41, 5.74) is 2.90. The van der Waals surface area contributed by atoms with Crippen molar-refractivity contribution in [1.29, 1.82) is 0 Å². The zero-order chi connectivity index (χ0) is 18.4. The molecule has 7 heteroatoms. The second-order valence-electron chi connectivity index (χ2n) is 6.46. The van der Waals surface area contributed by atoms with Crippen LogP contribution in [0.3, 0.4) is 0 Å². The maximum absolute atomic E-state index is 13.2. The van der Waals surface area contributed by atoms with Crippen molar-refractivity contribution in [2.75, 3.05) is 6.54 Å². The Morgan fingerprint density at radius 2 is 2.00 bits per heavy atom. The molecular weight excluding hydrogens is 366 g/mol. The Morgan fingerprint density at radius 3 is 2.65 bits per heavy atom. The van der Waals surface area contributed by atoms with Gasteiger partial charge in [0, 0.05) is 29.0 Å². The highest BCUT2D eigenvalue weighted by atomic mass is 32.1. The Balaban J connectivity index is 1.74. The van der Waals surface area contributed by atoms with Crippen LogP contribution in [0.15, 0.2) is 29.0 Å². The Bertz CT molecular complexity index is 985. The van der Waals surface area contributed by atoms with Gasteiger partial charge in [-0.1, -0.05) is 6.07 Å². The van der Waals surface area contributed by atoms with E-state index in [-0.39, 0.29) is 6.04 Å². The summed E-state index contributed by atoms with van der Waals surface area (Å²) < 4.78 is 1.65. The molecule has 0 bridgehead atoms. The molecule has 1 amide bonds. The fraction of sp³-hybridized carbons (Fsp3) is 0.316. The van der Waals surface area contributed by atoms with Gasteiger partial charge in [-0.25, -0.2) is 0 Å². The van der Waals surface area contributed by atoms with Gasteiger partial charge in [-0.15, -0.1) is 22.7 Å². The van der Waals surface area contributed by atoms with Crippen molar-refractivity contribution in [1.82, 2.24) is 14.7 Å². The molecule has 1 aliphatic heterocycles. The minimum absolute atomic E-state index is 0.182. The van der Waals surface area contributed by atoms with Crippen LogP contribution in [0.25, 0.3) is 0 Å². The van der Waals surface area contributed by atoms with E-state index in [0.717, 1.165) is 22.6 Å². The first kappa shape index (κ1) is 17.2. The number of fused-ring (bicyclic) bond motifs is 1. The van der Waals surface area contributed by atoms with E-state index in [0.29, 0.717) is 17.8 Å². The molecule has 0 N–H and O–H groups in total. The smallest absolute Gasteiger partial charge is 0.295 e. The van der Waals surface area contributed by atoms with Crippen LogP contribution in [0, 0.1) is 13.8 Å². The van der Waals surface area contributed by atoms with Gasteiger partial charge in [0.25, 0.3) is 11.7 Å². The third-order valence-electron chi connectivity index (χ3n) is 4.97. The molecule has 26 heavy (non-hydrogen) atoms. The van der Waals surface area contributed by atoms with Crippen LogP contribution in [0.4, 0.5) is 0 Å². The van der Waals surface area contributed by atoms with E-state index in [1.807, 2.05) is 24.4 Å². The average Bonchev–Trinajstić information content (AvgIpc) is 3.35. The molecule has 0 aromatic carbocycles. The summed E-state index contributed by atoms with van der Waals surface area (Å²) in [4.78, 5) is 30.3. The molecule has 134 valence electrons. The zero-order valence-electron chi connectivity index (χ0n) is 14.9. The van der Waals surface area contributed by atoms with E-state index in [1.54, 1.807) is 46.2 Å². The Morgan fingerprint density at radius 1 is 1.19 bits per heavy atom. The quantitative estimate of drug-likeness (QED) is 0.512. The molecule has 0 radical (unpaired) electrons. The number of aryl methyl sites for hydroxylation is 2. The number of aromatic nitrogens is 2. The molecule has 1 aliphatic rings. The third-order valence-corrected chi connectivity index (χ3v) is 6.89. The van der Waals surface area contributed by atoms with Crippen molar-refractivity contribution in [3.63, 3.8) is 0 Å². The predicted molar refractivity (Wildman–Crippen MR) is 103 cm³/mol. The van der Waals surface area contributed by atoms with Gasteiger partial charge in [-0.05, 0) is 48.7 Å². The van der Waals surface area contributed by atoms with Gasteiger partial charge >= 0.3 is 0 Å². The van der Waals surface area contributed by atoms with Gasteiger partial charge < -0.3 is 4.90 Å². The maximum atomic E-state index is 13.2. The summed E-state index contributed by atoms with van der Waals surface area (Å²) in [6.45, 7) is 4.15. The lowest BCUT2D eigenvalue weighted by Crippen LogP contribution is -2.43. The van der Waals surface area contributed by atoms with E-state index in [9.17, 15) is 9.59 Å². The lowest BCUT2D eigenvalue weighted by Gasteiger charge is -2.35. The molecule has 1 unspecified atom stereocenters. The van der Waals surface area contributed by atoms with Crippen molar-refractivity contribution >= 4 is 34.4 Å². The number of amides is 1. The highest BCUT2D eigenvalue weighted by Crippen LogP contribution is 2.39. The van der Waals surface area contributed by atoms with Crippen molar-refractivity contribution < 1.29 is 9.59 Å². The number of hydrogen-bond donors (Lipinski definition) is 0. The second kappa shape index (κ2) is 6.48. The number of nitrogens with zero attached hydrogens (tertiary/aromatic N) is 3. The van der Waals surface area contributed by atoms with Gasteiger partial charge in [-0.2, -0.15) is 5.10 Å². The number of carbonyl (C=O) groups is 2. The van der Waals surface area contributed by atoms with Gasteiger partial charge in [0.1, 0.15) is 0 Å². The normalized spacial score (nSPS) is 16.6. The zero-order valence-corrected chi connectivity index (χ0v) is 16.5. The molecule has 4 heterocycles. The summed E-state index contributed by atoms with van der Waals surface area (Å²) in [5.74, 6) is -0.909. The molecule has 0 aliphatic carbocycles. The van der Waals surface area contributed by atoms with Crippen LogP contribution in [0.5, 0.6) is 0 Å². The predicted octanol–water partition coefficient (Wildman–Crippen LogP) is 3.52. The molecule has 3 aromatic rings. The largest absolute Gasteiger partial charge is 0.323 e. The fourth-order valence-electron chi connectivity index (χ4n) is 3.63. The van der Waals surface area contributed by atoms with E-state index in [4.69, 9.17) is 0 Å². The first-order valence-corrected chi connectivity index (χ1v) is 10.2. The third kappa shape index (κ3) is 2.62. The van der Waals surface area contributed by atoms with Crippen LogP contribution >= 0.6 is 22.7 Å². The number of ketones is 1. The molecule has 0 saturated carbocycles. The highest BCUT2D eigenvalue weighted by molar-refractivity contribution is 7.10. The van der Waals surface area contributed by atoms with Crippen molar-refractivity contribution in [2.24, 2.45) is 7.05 Å². The summed E-state index contributed by atoms with van der Waals surface area (Å²) in [7, 11) is 1.79. The van der Waals surface area contributed by atoms with Gasteiger partial charge in [0.2, 0.25) is 0 Å². The van der Waals surface area contributed by atoms with Crippen molar-refractivity contribution in [2.45, 2.75) is 26.3 Å². The molecule has 0 saturated heterocycles. The van der Waals surface area contributed by atoms with Crippen LogP contribution in [-0.4, -0.2) is 32.9 Å². The second-order valence-corrected chi connectivity index (χ2v) is 8.44. The summed E-state index contributed by atoms with van der Waals surface area (Å²) in [6.07, 6.45) is 0.791. The monoisotopic (exact) mass is 385 g/mol. The number of Topliss-reactive ketones (excluding diaryl/α,β-unsaturated/α-hetero) is 1. The Kier molecular flexibility index (Phi) is 4.28. The highest BCUT2D eigenvalue weighted by Gasteiger charge is 2.37. The summed E-state index contributed by atoms with van der Waals surface area (Å²) in [6, 6.07) is 5.92. The van der Waals surface area contributed by atoms with Crippen LogP contribution in [-0.2, 0) is 18.3 Å². The molecule has 0 spiro atoms. The summed E-state index contributed by atoms with van der Waals surface area (Å²) >= 11 is 3.34. The fourth-order valence-corrected chi connectivity index (χ4v) is 5.39. The molecule has 3 aromatic heterocycles. The van der Waals surface area contributed by atoms with E-state index >= 15 is 0 Å². The van der Waals surface area contributed by atoms with Crippen molar-refractivity contribution in [3.8, 4) is 0 Å². The number of hydrogen-bond acceptors (Lipinski definition) is 5. The van der Waals surface area contributed by atoms with Crippen LogP contribution in [0.2, 0.25) is 0 Å². The van der Waals surface area contributed by atoms with E-state index in [1.165, 1.54) is 4.88 Å². The lowest BCUT2D eigenvalue weighted by molar-refractivity contribution is -0.128. The number of carbonyl (C=O) groups excluding carboxylic acids is 2. The Labute approximate surface area is 159 Å².